The van der Waals surface area contributed by atoms with E-state index in [9.17, 15) is 0 Å². The predicted octanol–water partition coefficient (Wildman–Crippen LogP) is 4.25. The Labute approximate surface area is 97.2 Å². The number of rotatable bonds is 0. The van der Waals surface area contributed by atoms with E-state index in [2.05, 4.69) is 0 Å². The standard InChI is InChI=1S/C7H8O.CCl4/c1-6-3-2-4-7(8)5-6;2-1(3,4)5/h2-5,8H,1H3;. The third kappa shape index (κ3) is 12.2. The van der Waals surface area contributed by atoms with Gasteiger partial charge in [0, 0.05) is 0 Å². The lowest BCUT2D eigenvalue weighted by atomic mass is 10.2. The molecule has 0 aliphatic carbocycles. The maximum Gasteiger partial charge on any atom is 0.266 e. The van der Waals surface area contributed by atoms with Gasteiger partial charge in [-0.25, -0.2) is 0 Å². The molecule has 0 atom stereocenters. The van der Waals surface area contributed by atoms with E-state index >= 15 is 0 Å². The van der Waals surface area contributed by atoms with Crippen molar-refractivity contribution in [1.82, 2.24) is 0 Å². The van der Waals surface area contributed by atoms with Crippen LogP contribution in [-0.2, 0) is 0 Å². The zero-order valence-corrected chi connectivity index (χ0v) is 9.79. The van der Waals surface area contributed by atoms with Crippen LogP contribution in [0.15, 0.2) is 24.3 Å². The smallest absolute Gasteiger partial charge is 0.266 e. The van der Waals surface area contributed by atoms with Crippen molar-refractivity contribution in [3.63, 3.8) is 0 Å². The van der Waals surface area contributed by atoms with E-state index in [1.165, 1.54) is 0 Å². The summed E-state index contributed by atoms with van der Waals surface area (Å²) >= 11 is 19.3. The zero-order chi connectivity index (χ0) is 10.5. The summed E-state index contributed by atoms with van der Waals surface area (Å²) < 4.78 is -1.61. The highest BCUT2D eigenvalue weighted by atomic mass is 35.6. The second kappa shape index (κ2) is 5.82. The average molecular weight is 262 g/mol. The van der Waals surface area contributed by atoms with Gasteiger partial charge in [-0.15, -0.1) is 0 Å². The molecule has 1 aromatic rings. The van der Waals surface area contributed by atoms with Gasteiger partial charge < -0.3 is 5.11 Å². The number of aromatic hydroxyl groups is 1. The first kappa shape index (κ1) is 13.2. The molecular formula is C8H8Cl4O. The number of phenols is 1. The normalized spacial score (nSPS) is 10.2. The number of benzene rings is 1. The number of aryl methyl sites for hydroxylation is 1. The second-order valence-corrected chi connectivity index (χ2v) is 5.70. The summed E-state index contributed by atoms with van der Waals surface area (Å²) in [4.78, 5) is 0. The van der Waals surface area contributed by atoms with Gasteiger partial charge in [0.2, 0.25) is 0 Å². The fourth-order valence-electron chi connectivity index (χ4n) is 0.628. The highest BCUT2D eigenvalue weighted by molar-refractivity contribution is 6.83. The molecule has 0 aliphatic rings. The van der Waals surface area contributed by atoms with Gasteiger partial charge in [-0.1, -0.05) is 58.5 Å². The molecule has 0 aromatic heterocycles. The van der Waals surface area contributed by atoms with Crippen LogP contribution >= 0.6 is 46.4 Å². The molecule has 1 N–H and O–H groups in total. The van der Waals surface area contributed by atoms with Crippen LogP contribution in [0.5, 0.6) is 5.75 Å². The summed E-state index contributed by atoms with van der Waals surface area (Å²) in [6.07, 6.45) is 0. The van der Waals surface area contributed by atoms with Gasteiger partial charge in [0.15, 0.2) is 0 Å². The Hall–Kier alpha value is 0.180. The molecule has 5 heteroatoms. The van der Waals surface area contributed by atoms with Crippen LogP contribution in [0.3, 0.4) is 0 Å². The van der Waals surface area contributed by atoms with E-state index in [-0.39, 0.29) is 0 Å². The molecule has 0 saturated carbocycles. The van der Waals surface area contributed by atoms with Crippen molar-refractivity contribution in [1.29, 1.82) is 0 Å². The topological polar surface area (TPSA) is 20.2 Å². The van der Waals surface area contributed by atoms with Gasteiger partial charge in [-0.2, -0.15) is 0 Å². The lowest BCUT2D eigenvalue weighted by Crippen LogP contribution is -1.81. The molecule has 0 saturated heterocycles. The Kier molecular flexibility index (Phi) is 5.90. The molecule has 13 heavy (non-hydrogen) atoms. The lowest BCUT2D eigenvalue weighted by Gasteiger charge is -1.91. The van der Waals surface area contributed by atoms with Crippen LogP contribution in [0.1, 0.15) is 5.56 Å². The van der Waals surface area contributed by atoms with E-state index in [0.29, 0.717) is 5.75 Å². The number of phenolic OH excluding ortho intramolecular Hbond substituents is 1. The van der Waals surface area contributed by atoms with Crippen molar-refractivity contribution in [2.75, 3.05) is 0 Å². The minimum atomic E-state index is -1.61. The van der Waals surface area contributed by atoms with E-state index in [4.69, 9.17) is 51.5 Å². The quantitative estimate of drug-likeness (QED) is 0.693. The third-order valence-corrected chi connectivity index (χ3v) is 1.00. The number of halogens is 4. The van der Waals surface area contributed by atoms with Gasteiger partial charge in [0.05, 0.1) is 0 Å². The van der Waals surface area contributed by atoms with Gasteiger partial charge in [-0.05, 0) is 24.6 Å². The number of alkyl halides is 4. The maximum absolute atomic E-state index is 8.81. The first-order valence-corrected chi connectivity index (χ1v) is 4.81. The Morgan fingerprint density at radius 3 is 1.85 bits per heavy atom. The van der Waals surface area contributed by atoms with E-state index in [1.54, 1.807) is 12.1 Å². The Morgan fingerprint density at radius 1 is 1.15 bits per heavy atom. The molecule has 0 spiro atoms. The molecule has 0 bridgehead atoms. The van der Waals surface area contributed by atoms with Crippen LogP contribution in [-0.4, -0.2) is 8.36 Å². The molecule has 0 fully saturated rings. The first-order chi connectivity index (χ1) is 5.79. The van der Waals surface area contributed by atoms with E-state index in [1.807, 2.05) is 19.1 Å². The average Bonchev–Trinajstić information content (AvgIpc) is 1.81. The summed E-state index contributed by atoms with van der Waals surface area (Å²) in [6, 6.07) is 7.15. The summed E-state index contributed by atoms with van der Waals surface area (Å²) in [5.41, 5.74) is 1.09. The highest BCUT2D eigenvalue weighted by Crippen LogP contribution is 2.29. The summed E-state index contributed by atoms with van der Waals surface area (Å²) in [7, 11) is 0. The van der Waals surface area contributed by atoms with E-state index in [0.717, 1.165) is 5.56 Å². The van der Waals surface area contributed by atoms with Crippen molar-refractivity contribution in [3.8, 4) is 5.75 Å². The fraction of sp³-hybridized carbons (Fsp3) is 0.250. The summed E-state index contributed by atoms with van der Waals surface area (Å²) in [6.45, 7) is 1.94. The zero-order valence-electron chi connectivity index (χ0n) is 6.77. The SMILES string of the molecule is Cc1cccc(O)c1.ClC(Cl)(Cl)Cl. The minimum Gasteiger partial charge on any atom is -0.508 e. The largest absolute Gasteiger partial charge is 0.508 e. The maximum atomic E-state index is 8.81. The minimum absolute atomic E-state index is 0.338. The van der Waals surface area contributed by atoms with Crippen LogP contribution in [0.2, 0.25) is 0 Å². The summed E-state index contributed by atoms with van der Waals surface area (Å²) in [5.74, 6) is 0.338. The van der Waals surface area contributed by atoms with Crippen molar-refractivity contribution < 1.29 is 5.11 Å². The van der Waals surface area contributed by atoms with Crippen LogP contribution in [0.4, 0.5) is 0 Å². The van der Waals surface area contributed by atoms with Crippen LogP contribution in [0, 0.1) is 6.92 Å². The fourth-order valence-corrected chi connectivity index (χ4v) is 0.628. The number of hydrogen-bond acceptors (Lipinski definition) is 1. The van der Waals surface area contributed by atoms with Crippen molar-refractivity contribution in [2.45, 2.75) is 10.2 Å². The lowest BCUT2D eigenvalue weighted by molar-refractivity contribution is 0.475. The Balaban J connectivity index is 0.000000252. The van der Waals surface area contributed by atoms with Gasteiger partial charge >= 0.3 is 0 Å². The van der Waals surface area contributed by atoms with Gasteiger partial charge in [0.25, 0.3) is 3.25 Å². The van der Waals surface area contributed by atoms with Gasteiger partial charge in [-0.3, -0.25) is 0 Å². The highest BCUT2D eigenvalue weighted by Gasteiger charge is 2.11. The molecule has 0 radical (unpaired) electrons. The van der Waals surface area contributed by atoms with Crippen LogP contribution in [0.25, 0.3) is 0 Å². The second-order valence-electron chi connectivity index (χ2n) is 2.27. The first-order valence-electron chi connectivity index (χ1n) is 3.30. The third-order valence-electron chi connectivity index (χ3n) is 1.00. The predicted molar refractivity (Wildman–Crippen MR) is 59.0 cm³/mol. The van der Waals surface area contributed by atoms with Crippen molar-refractivity contribution in [2.24, 2.45) is 0 Å². The van der Waals surface area contributed by atoms with Gasteiger partial charge in [0.1, 0.15) is 5.75 Å². The molecule has 1 nitrogen and oxygen atoms in total. The molecular weight excluding hydrogens is 254 g/mol. The molecule has 1 rings (SSSR count). The molecule has 0 heterocycles. The Bertz CT molecular complexity index is 233. The van der Waals surface area contributed by atoms with Crippen molar-refractivity contribution >= 4 is 46.4 Å². The van der Waals surface area contributed by atoms with E-state index < -0.39 is 3.25 Å². The molecule has 74 valence electrons. The summed E-state index contributed by atoms with van der Waals surface area (Å²) in [5, 5.41) is 8.81. The molecule has 0 unspecified atom stereocenters. The monoisotopic (exact) mass is 260 g/mol. The Morgan fingerprint density at radius 2 is 1.62 bits per heavy atom. The molecule has 0 aliphatic heterocycles. The van der Waals surface area contributed by atoms with Crippen molar-refractivity contribution in [3.05, 3.63) is 29.8 Å². The molecule has 0 amide bonds. The molecule has 1 aromatic carbocycles. The van der Waals surface area contributed by atoms with Crippen LogP contribution < -0.4 is 0 Å². The number of hydrogen-bond donors (Lipinski definition) is 1.